The second-order valence-corrected chi connectivity index (χ2v) is 4.99. The smallest absolute Gasteiger partial charge is 0.121 e. The van der Waals surface area contributed by atoms with Crippen molar-refractivity contribution >= 4 is 11.8 Å². The van der Waals surface area contributed by atoms with Gasteiger partial charge in [0.25, 0.3) is 0 Å². The van der Waals surface area contributed by atoms with Crippen LogP contribution in [-0.4, -0.2) is 21.0 Å². The molecular formula is C13H16N4S. The Morgan fingerprint density at radius 1 is 1.28 bits per heavy atom. The lowest BCUT2D eigenvalue weighted by Crippen LogP contribution is -2.21. The summed E-state index contributed by atoms with van der Waals surface area (Å²) >= 11 is 1.53. The van der Waals surface area contributed by atoms with E-state index < -0.39 is 0 Å². The molecule has 0 bridgehead atoms. The molecule has 0 aromatic carbocycles. The number of pyridine rings is 1. The van der Waals surface area contributed by atoms with Crippen LogP contribution in [0.5, 0.6) is 0 Å². The van der Waals surface area contributed by atoms with E-state index in [1.165, 1.54) is 17.3 Å². The molecule has 94 valence electrons. The minimum Gasteiger partial charge on any atom is -0.327 e. The van der Waals surface area contributed by atoms with Gasteiger partial charge >= 0.3 is 0 Å². The number of nitrogens with two attached hydrogens (primary N) is 1. The minimum absolute atomic E-state index is 0.176. The van der Waals surface area contributed by atoms with E-state index >= 15 is 0 Å². The maximum Gasteiger partial charge on any atom is 0.121 e. The molecule has 0 saturated heterocycles. The van der Waals surface area contributed by atoms with Crippen molar-refractivity contribution in [2.45, 2.75) is 35.9 Å². The summed E-state index contributed by atoms with van der Waals surface area (Å²) in [4.78, 5) is 12.7. The Morgan fingerprint density at radius 2 is 2.17 bits per heavy atom. The van der Waals surface area contributed by atoms with Gasteiger partial charge in [-0.15, -0.1) is 0 Å². The third-order valence-corrected chi connectivity index (χ3v) is 3.58. The monoisotopic (exact) mass is 260 g/mol. The van der Waals surface area contributed by atoms with Crippen LogP contribution in [-0.2, 0) is 6.42 Å². The Balaban J connectivity index is 2.17. The summed E-state index contributed by atoms with van der Waals surface area (Å²) in [6.45, 7) is 2.09. The molecule has 2 rings (SSSR count). The van der Waals surface area contributed by atoms with Crippen molar-refractivity contribution in [1.82, 2.24) is 15.0 Å². The van der Waals surface area contributed by atoms with Gasteiger partial charge in [-0.2, -0.15) is 0 Å². The molecule has 2 heterocycles. The van der Waals surface area contributed by atoms with Gasteiger partial charge < -0.3 is 5.73 Å². The van der Waals surface area contributed by atoms with Gasteiger partial charge in [-0.1, -0.05) is 13.0 Å². The summed E-state index contributed by atoms with van der Waals surface area (Å²) < 4.78 is 0. The van der Waals surface area contributed by atoms with Gasteiger partial charge in [0.1, 0.15) is 10.1 Å². The third kappa shape index (κ3) is 3.51. The Kier molecular flexibility index (Phi) is 4.66. The van der Waals surface area contributed by atoms with Gasteiger partial charge in [-0.05, 0) is 36.2 Å². The van der Waals surface area contributed by atoms with Crippen LogP contribution in [0.25, 0.3) is 0 Å². The maximum atomic E-state index is 6.00. The van der Waals surface area contributed by atoms with Crippen molar-refractivity contribution in [3.05, 3.63) is 42.5 Å². The van der Waals surface area contributed by atoms with E-state index in [4.69, 9.17) is 5.73 Å². The first-order chi connectivity index (χ1) is 8.79. The molecule has 0 aliphatic carbocycles. The van der Waals surface area contributed by atoms with Crippen molar-refractivity contribution in [2.75, 3.05) is 0 Å². The molecule has 0 spiro atoms. The van der Waals surface area contributed by atoms with Crippen molar-refractivity contribution in [1.29, 1.82) is 0 Å². The first kappa shape index (κ1) is 13.0. The Bertz CT molecular complexity index is 489. The Morgan fingerprint density at radius 3 is 2.89 bits per heavy atom. The molecule has 0 fully saturated rings. The topological polar surface area (TPSA) is 64.7 Å². The van der Waals surface area contributed by atoms with Crippen molar-refractivity contribution in [3.8, 4) is 0 Å². The highest BCUT2D eigenvalue weighted by atomic mass is 32.2. The molecule has 4 nitrogen and oxygen atoms in total. The zero-order chi connectivity index (χ0) is 12.8. The fourth-order valence-corrected chi connectivity index (χ4v) is 2.36. The van der Waals surface area contributed by atoms with E-state index in [0.29, 0.717) is 0 Å². The summed E-state index contributed by atoms with van der Waals surface area (Å²) in [6, 6.07) is 4.19. The molecular weight excluding hydrogens is 244 g/mol. The number of hydrogen-bond donors (Lipinski definition) is 1. The Labute approximate surface area is 111 Å². The van der Waals surface area contributed by atoms with E-state index in [0.717, 1.165) is 22.9 Å². The van der Waals surface area contributed by atoms with Crippen LogP contribution in [0.15, 0.2) is 47.0 Å². The fraction of sp³-hybridized carbons (Fsp3) is 0.308. The molecule has 1 atom stereocenters. The summed E-state index contributed by atoms with van der Waals surface area (Å²) in [7, 11) is 0. The summed E-state index contributed by atoms with van der Waals surface area (Å²) in [5.41, 5.74) is 7.17. The highest BCUT2D eigenvalue weighted by Crippen LogP contribution is 2.26. The quantitative estimate of drug-likeness (QED) is 0.893. The molecule has 2 aromatic heterocycles. The van der Waals surface area contributed by atoms with Crippen LogP contribution in [0, 0.1) is 0 Å². The second-order valence-electron chi connectivity index (χ2n) is 3.99. The van der Waals surface area contributed by atoms with E-state index in [9.17, 15) is 0 Å². The Hall–Kier alpha value is -1.46. The minimum atomic E-state index is 0.176. The average Bonchev–Trinajstić information content (AvgIpc) is 2.42. The van der Waals surface area contributed by atoms with Crippen LogP contribution in [0.2, 0.25) is 0 Å². The SMILES string of the molecule is CCC(N)Cc1cccnc1Sc1cnccn1. The predicted molar refractivity (Wildman–Crippen MR) is 72.4 cm³/mol. The van der Waals surface area contributed by atoms with Gasteiger partial charge in [-0.3, -0.25) is 4.98 Å². The van der Waals surface area contributed by atoms with Crippen LogP contribution >= 0.6 is 11.8 Å². The van der Waals surface area contributed by atoms with E-state index in [1.807, 2.05) is 6.07 Å². The lowest BCUT2D eigenvalue weighted by molar-refractivity contribution is 0.637. The average molecular weight is 260 g/mol. The maximum absolute atomic E-state index is 6.00. The highest BCUT2D eigenvalue weighted by molar-refractivity contribution is 7.99. The molecule has 5 heteroatoms. The molecule has 2 N–H and O–H groups in total. The summed E-state index contributed by atoms with van der Waals surface area (Å²) in [5, 5.41) is 1.81. The second kappa shape index (κ2) is 6.47. The van der Waals surface area contributed by atoms with Crippen LogP contribution in [0.4, 0.5) is 0 Å². The zero-order valence-corrected chi connectivity index (χ0v) is 11.1. The van der Waals surface area contributed by atoms with E-state index in [1.54, 1.807) is 24.8 Å². The zero-order valence-electron chi connectivity index (χ0n) is 10.3. The number of nitrogens with zero attached hydrogens (tertiary/aromatic N) is 3. The molecule has 0 aliphatic rings. The molecule has 0 aliphatic heterocycles. The molecule has 1 unspecified atom stereocenters. The molecule has 0 amide bonds. The van der Waals surface area contributed by atoms with Gasteiger partial charge in [0.05, 0.1) is 6.20 Å². The lowest BCUT2D eigenvalue weighted by Gasteiger charge is -2.11. The van der Waals surface area contributed by atoms with Gasteiger partial charge in [0.15, 0.2) is 0 Å². The van der Waals surface area contributed by atoms with Gasteiger partial charge in [0.2, 0.25) is 0 Å². The third-order valence-electron chi connectivity index (χ3n) is 2.60. The van der Waals surface area contributed by atoms with E-state index in [-0.39, 0.29) is 6.04 Å². The largest absolute Gasteiger partial charge is 0.327 e. The van der Waals surface area contributed by atoms with E-state index in [2.05, 4.69) is 27.9 Å². The number of hydrogen-bond acceptors (Lipinski definition) is 5. The normalized spacial score (nSPS) is 12.3. The standard InChI is InChI=1S/C13H16N4S/c1-2-11(14)8-10-4-3-5-17-13(10)18-12-9-15-6-7-16-12/h3-7,9,11H,2,8,14H2,1H3. The number of aromatic nitrogens is 3. The lowest BCUT2D eigenvalue weighted by atomic mass is 10.1. The van der Waals surface area contributed by atoms with Crippen LogP contribution in [0.3, 0.4) is 0 Å². The molecule has 18 heavy (non-hydrogen) atoms. The number of rotatable bonds is 5. The van der Waals surface area contributed by atoms with Crippen molar-refractivity contribution in [2.24, 2.45) is 5.73 Å². The van der Waals surface area contributed by atoms with Gasteiger partial charge in [0, 0.05) is 24.6 Å². The predicted octanol–water partition coefficient (Wildman–Crippen LogP) is 2.30. The molecule has 0 saturated carbocycles. The molecule has 2 aromatic rings. The summed E-state index contributed by atoms with van der Waals surface area (Å²) in [6.07, 6.45) is 8.68. The summed E-state index contributed by atoms with van der Waals surface area (Å²) in [5.74, 6) is 0. The van der Waals surface area contributed by atoms with Crippen molar-refractivity contribution in [3.63, 3.8) is 0 Å². The first-order valence-corrected chi connectivity index (χ1v) is 6.74. The van der Waals surface area contributed by atoms with Crippen LogP contribution < -0.4 is 5.73 Å². The van der Waals surface area contributed by atoms with Crippen molar-refractivity contribution < 1.29 is 0 Å². The van der Waals surface area contributed by atoms with Crippen LogP contribution in [0.1, 0.15) is 18.9 Å². The molecule has 0 radical (unpaired) electrons. The fourth-order valence-electron chi connectivity index (χ4n) is 1.54. The highest BCUT2D eigenvalue weighted by Gasteiger charge is 2.09. The first-order valence-electron chi connectivity index (χ1n) is 5.93. The van der Waals surface area contributed by atoms with Gasteiger partial charge in [-0.25, -0.2) is 9.97 Å².